The summed E-state index contributed by atoms with van der Waals surface area (Å²) in [7, 11) is -3.98. The highest BCUT2D eigenvalue weighted by Crippen LogP contribution is 2.36. The minimum absolute atomic E-state index is 0.0552. The zero-order valence-corrected chi connectivity index (χ0v) is 18.6. The molecule has 1 aromatic rings. The van der Waals surface area contributed by atoms with Crippen molar-refractivity contribution in [2.24, 2.45) is 10.6 Å². The van der Waals surface area contributed by atoms with Gasteiger partial charge in [-0.25, -0.2) is 17.9 Å². The van der Waals surface area contributed by atoms with Gasteiger partial charge in [-0.3, -0.25) is 4.79 Å². The number of carbonyl (C=O) groups is 1. The fourth-order valence-electron chi connectivity index (χ4n) is 3.15. The number of primary sulfonamides is 1. The van der Waals surface area contributed by atoms with E-state index in [1.807, 2.05) is 48.5 Å². The Hall–Kier alpha value is -1.67. The SMILES string of the molecule is CC(C)(CCC(=O)OC(C)(C)C)CC(C)(C)Oc1ccc(S(N)(=O)=O)cc1F. The Morgan fingerprint density at radius 3 is 2.14 bits per heavy atom. The van der Waals surface area contributed by atoms with Crippen molar-refractivity contribution in [3.8, 4) is 5.75 Å². The molecule has 1 rings (SSSR count). The molecule has 0 spiro atoms. The van der Waals surface area contributed by atoms with E-state index in [-0.39, 0.29) is 28.5 Å². The summed E-state index contributed by atoms with van der Waals surface area (Å²) in [6.07, 6.45) is 1.40. The van der Waals surface area contributed by atoms with Gasteiger partial charge in [0.15, 0.2) is 11.6 Å². The zero-order valence-electron chi connectivity index (χ0n) is 17.8. The van der Waals surface area contributed by atoms with Crippen LogP contribution in [0.1, 0.15) is 67.7 Å². The Morgan fingerprint density at radius 2 is 1.68 bits per heavy atom. The molecular formula is C20H32FNO5S. The maximum Gasteiger partial charge on any atom is 0.306 e. The van der Waals surface area contributed by atoms with E-state index in [9.17, 15) is 17.6 Å². The molecule has 0 fully saturated rings. The summed E-state index contributed by atoms with van der Waals surface area (Å²) in [5.41, 5.74) is -1.54. The maximum atomic E-state index is 14.2. The topological polar surface area (TPSA) is 95.7 Å². The van der Waals surface area contributed by atoms with Gasteiger partial charge in [-0.15, -0.1) is 0 Å². The number of esters is 1. The number of ether oxygens (including phenoxy) is 2. The second-order valence-corrected chi connectivity index (χ2v) is 11.0. The molecule has 0 aliphatic rings. The Balaban J connectivity index is 2.78. The van der Waals surface area contributed by atoms with Gasteiger partial charge in [0.25, 0.3) is 0 Å². The molecule has 0 heterocycles. The van der Waals surface area contributed by atoms with Crippen LogP contribution in [0.25, 0.3) is 0 Å². The van der Waals surface area contributed by atoms with Crippen LogP contribution in [0.5, 0.6) is 5.75 Å². The molecule has 0 radical (unpaired) electrons. The molecular weight excluding hydrogens is 385 g/mol. The first-order valence-electron chi connectivity index (χ1n) is 9.14. The summed E-state index contributed by atoms with van der Waals surface area (Å²) in [4.78, 5) is 11.6. The number of sulfonamides is 1. The number of benzene rings is 1. The molecule has 0 unspecified atom stereocenters. The van der Waals surface area contributed by atoms with Crippen molar-refractivity contribution in [3.05, 3.63) is 24.0 Å². The summed E-state index contributed by atoms with van der Waals surface area (Å²) >= 11 is 0. The van der Waals surface area contributed by atoms with E-state index in [0.29, 0.717) is 12.8 Å². The van der Waals surface area contributed by atoms with Gasteiger partial charge in [0, 0.05) is 6.42 Å². The fourth-order valence-corrected chi connectivity index (χ4v) is 3.67. The summed E-state index contributed by atoms with van der Waals surface area (Å²) in [5, 5.41) is 5.01. The Kier molecular flexibility index (Phi) is 7.28. The van der Waals surface area contributed by atoms with Gasteiger partial charge in [0.1, 0.15) is 11.2 Å². The number of carbonyl (C=O) groups excluding carboxylic acids is 1. The lowest BCUT2D eigenvalue weighted by Crippen LogP contribution is -2.35. The summed E-state index contributed by atoms with van der Waals surface area (Å²) in [6, 6.07) is 3.30. The maximum absolute atomic E-state index is 14.2. The third-order valence-electron chi connectivity index (χ3n) is 3.95. The lowest BCUT2D eigenvalue weighted by atomic mass is 9.78. The highest BCUT2D eigenvalue weighted by molar-refractivity contribution is 7.89. The Bertz CT molecular complexity index is 810. The minimum atomic E-state index is -3.98. The molecule has 0 aromatic heterocycles. The molecule has 0 bridgehead atoms. The quantitative estimate of drug-likeness (QED) is 0.641. The van der Waals surface area contributed by atoms with E-state index in [4.69, 9.17) is 14.6 Å². The van der Waals surface area contributed by atoms with E-state index < -0.39 is 27.0 Å². The second kappa shape index (κ2) is 8.37. The largest absolute Gasteiger partial charge is 0.485 e. The van der Waals surface area contributed by atoms with Crippen molar-refractivity contribution in [1.82, 2.24) is 0 Å². The van der Waals surface area contributed by atoms with E-state index >= 15 is 0 Å². The van der Waals surface area contributed by atoms with Crippen LogP contribution in [0.3, 0.4) is 0 Å². The van der Waals surface area contributed by atoms with Crippen molar-refractivity contribution >= 4 is 16.0 Å². The van der Waals surface area contributed by atoms with Gasteiger partial charge < -0.3 is 9.47 Å². The van der Waals surface area contributed by atoms with Gasteiger partial charge in [0.05, 0.1) is 4.90 Å². The monoisotopic (exact) mass is 417 g/mol. The molecule has 0 atom stereocenters. The molecule has 0 aliphatic carbocycles. The lowest BCUT2D eigenvalue weighted by molar-refractivity contribution is -0.155. The Labute approximate surface area is 167 Å². The average molecular weight is 418 g/mol. The molecule has 28 heavy (non-hydrogen) atoms. The van der Waals surface area contributed by atoms with E-state index in [0.717, 1.165) is 6.07 Å². The van der Waals surface area contributed by atoms with Crippen molar-refractivity contribution < 1.29 is 27.1 Å². The summed E-state index contributed by atoms with van der Waals surface area (Å²) < 4.78 is 48.0. The van der Waals surface area contributed by atoms with Crippen molar-refractivity contribution in [1.29, 1.82) is 0 Å². The first kappa shape index (κ1) is 24.4. The van der Waals surface area contributed by atoms with Crippen LogP contribution in [0.15, 0.2) is 23.1 Å². The molecule has 0 saturated carbocycles. The molecule has 0 aliphatic heterocycles. The molecule has 8 heteroatoms. The van der Waals surface area contributed by atoms with Gasteiger partial charge in [-0.05, 0) is 71.1 Å². The Morgan fingerprint density at radius 1 is 1.11 bits per heavy atom. The molecule has 160 valence electrons. The first-order chi connectivity index (χ1) is 12.4. The minimum Gasteiger partial charge on any atom is -0.485 e. The van der Waals surface area contributed by atoms with Crippen molar-refractivity contribution in [2.75, 3.05) is 0 Å². The van der Waals surface area contributed by atoms with Crippen molar-refractivity contribution in [3.63, 3.8) is 0 Å². The number of halogens is 1. The fraction of sp³-hybridized carbons (Fsp3) is 0.650. The lowest BCUT2D eigenvalue weighted by Gasteiger charge is -2.35. The highest BCUT2D eigenvalue weighted by atomic mass is 32.2. The van der Waals surface area contributed by atoms with Crippen molar-refractivity contribution in [2.45, 2.75) is 83.8 Å². The van der Waals surface area contributed by atoms with Gasteiger partial charge >= 0.3 is 5.97 Å². The number of rotatable bonds is 8. The third kappa shape index (κ3) is 8.56. The van der Waals surface area contributed by atoms with Crippen LogP contribution < -0.4 is 9.88 Å². The van der Waals surface area contributed by atoms with Crippen LogP contribution in [0.4, 0.5) is 4.39 Å². The number of nitrogens with two attached hydrogens (primary N) is 1. The molecule has 2 N–H and O–H groups in total. The first-order valence-corrected chi connectivity index (χ1v) is 10.7. The molecule has 0 amide bonds. The highest BCUT2D eigenvalue weighted by Gasteiger charge is 2.32. The summed E-state index contributed by atoms with van der Waals surface area (Å²) in [6.45, 7) is 13.1. The predicted octanol–water partition coefficient (Wildman–Crippen LogP) is 4.17. The van der Waals surface area contributed by atoms with Crippen LogP contribution in [0.2, 0.25) is 0 Å². The number of hydrogen-bond donors (Lipinski definition) is 1. The standard InChI is InChI=1S/C20H32FNO5S/c1-18(2,3)27-17(23)10-11-19(4,5)13-20(6,7)26-16-9-8-14(12-15(16)21)28(22,24)25/h8-9,12H,10-11,13H2,1-7H3,(H2,22,24,25). The normalized spacial score (nSPS) is 13.3. The predicted molar refractivity (Wildman–Crippen MR) is 106 cm³/mol. The zero-order chi connectivity index (χ0) is 22.0. The molecule has 1 aromatic carbocycles. The van der Waals surface area contributed by atoms with Gasteiger partial charge in [-0.1, -0.05) is 13.8 Å². The third-order valence-corrected chi connectivity index (χ3v) is 4.86. The van der Waals surface area contributed by atoms with E-state index in [1.54, 1.807) is 0 Å². The van der Waals surface area contributed by atoms with Crippen LogP contribution in [-0.2, 0) is 19.6 Å². The van der Waals surface area contributed by atoms with Crippen LogP contribution in [-0.4, -0.2) is 25.6 Å². The van der Waals surface area contributed by atoms with E-state index in [2.05, 4.69) is 0 Å². The van der Waals surface area contributed by atoms with Crippen LogP contribution in [0, 0.1) is 11.2 Å². The number of hydrogen-bond acceptors (Lipinski definition) is 5. The second-order valence-electron chi connectivity index (χ2n) is 9.43. The van der Waals surface area contributed by atoms with Crippen LogP contribution >= 0.6 is 0 Å². The summed E-state index contributed by atoms with van der Waals surface area (Å²) in [5.74, 6) is -1.12. The smallest absolute Gasteiger partial charge is 0.306 e. The molecule has 0 saturated heterocycles. The average Bonchev–Trinajstić information content (AvgIpc) is 2.43. The van der Waals surface area contributed by atoms with Gasteiger partial charge in [-0.2, -0.15) is 0 Å². The van der Waals surface area contributed by atoms with E-state index in [1.165, 1.54) is 12.1 Å². The molecule has 6 nitrogen and oxygen atoms in total. The van der Waals surface area contributed by atoms with Gasteiger partial charge in [0.2, 0.25) is 10.0 Å².